The van der Waals surface area contributed by atoms with E-state index in [2.05, 4.69) is 21.8 Å². The van der Waals surface area contributed by atoms with Crippen molar-refractivity contribution in [2.75, 3.05) is 26.2 Å². The number of likely N-dealkylation sites (N-methyl/N-ethyl adjacent to an activating group) is 1. The summed E-state index contributed by atoms with van der Waals surface area (Å²) in [6.07, 6.45) is 2.38. The number of likely N-dealkylation sites (tertiary alicyclic amines) is 1. The Labute approximate surface area is 141 Å². The quantitative estimate of drug-likeness (QED) is 0.807. The van der Waals surface area contributed by atoms with Gasteiger partial charge in [0.25, 0.3) is 0 Å². The van der Waals surface area contributed by atoms with Gasteiger partial charge in [-0.05, 0) is 38.1 Å². The Bertz CT molecular complexity index is 776. The zero-order chi connectivity index (χ0) is 16.7. The third-order valence-electron chi connectivity index (χ3n) is 5.14. The normalized spacial score (nSPS) is 22.3. The van der Waals surface area contributed by atoms with Gasteiger partial charge in [-0.15, -0.1) is 0 Å². The van der Waals surface area contributed by atoms with Gasteiger partial charge in [-0.25, -0.2) is 4.98 Å². The number of benzene rings is 1. The zero-order valence-corrected chi connectivity index (χ0v) is 13.9. The van der Waals surface area contributed by atoms with Crippen molar-refractivity contribution in [1.29, 1.82) is 5.41 Å². The summed E-state index contributed by atoms with van der Waals surface area (Å²) in [5, 5.41) is 18.9. The smallest absolute Gasteiger partial charge is 0.145 e. The van der Waals surface area contributed by atoms with Crippen molar-refractivity contribution in [2.24, 2.45) is 0 Å². The van der Waals surface area contributed by atoms with Gasteiger partial charge in [0, 0.05) is 12.6 Å². The molecule has 0 amide bonds. The molecule has 4 rings (SSSR count). The molecule has 0 radical (unpaired) electrons. The number of nitrogens with one attached hydrogen (secondary N) is 2. The Morgan fingerprint density at radius 1 is 1.38 bits per heavy atom. The van der Waals surface area contributed by atoms with Crippen LogP contribution in [0.4, 0.5) is 0 Å². The lowest BCUT2D eigenvalue weighted by Crippen LogP contribution is -2.41. The molecule has 3 N–H and O–H groups in total. The first-order valence-corrected chi connectivity index (χ1v) is 8.62. The van der Waals surface area contributed by atoms with Gasteiger partial charge in [0.2, 0.25) is 0 Å². The van der Waals surface area contributed by atoms with Crippen LogP contribution in [0.2, 0.25) is 0 Å². The van der Waals surface area contributed by atoms with Crippen LogP contribution in [0.3, 0.4) is 0 Å². The number of nitrogens with zero attached hydrogens (tertiary/aromatic N) is 3. The molecule has 0 spiro atoms. The minimum Gasteiger partial charge on any atom is -0.510 e. The first-order chi connectivity index (χ1) is 11.7. The van der Waals surface area contributed by atoms with Crippen LogP contribution >= 0.6 is 0 Å². The Kier molecular flexibility index (Phi) is 3.76. The second-order valence-corrected chi connectivity index (χ2v) is 6.58. The molecule has 1 saturated heterocycles. The molecule has 6 heteroatoms. The maximum atomic E-state index is 10.4. The fourth-order valence-electron chi connectivity index (χ4n) is 3.88. The lowest BCUT2D eigenvalue weighted by atomic mass is 10.2. The van der Waals surface area contributed by atoms with Crippen molar-refractivity contribution < 1.29 is 5.11 Å². The van der Waals surface area contributed by atoms with Crippen LogP contribution < -0.4 is 0 Å². The molecular weight excluding hydrogens is 302 g/mol. The van der Waals surface area contributed by atoms with E-state index in [4.69, 9.17) is 5.41 Å². The monoisotopic (exact) mass is 325 g/mol. The van der Waals surface area contributed by atoms with E-state index in [1.807, 2.05) is 29.2 Å². The predicted octanol–water partition coefficient (Wildman–Crippen LogP) is 2.61. The third-order valence-corrected chi connectivity index (χ3v) is 5.14. The number of para-hydroxylation sites is 2. The molecule has 1 unspecified atom stereocenters. The van der Waals surface area contributed by atoms with Crippen LogP contribution in [0.1, 0.15) is 25.6 Å². The van der Waals surface area contributed by atoms with Crippen molar-refractivity contribution in [3.05, 3.63) is 35.8 Å². The van der Waals surface area contributed by atoms with E-state index in [0.717, 1.165) is 30.7 Å². The predicted molar refractivity (Wildman–Crippen MR) is 95.2 cm³/mol. The van der Waals surface area contributed by atoms with Crippen LogP contribution in [0.15, 0.2) is 30.0 Å². The molecule has 2 aliphatic heterocycles. The summed E-state index contributed by atoms with van der Waals surface area (Å²) in [5.41, 5.74) is 2.31. The van der Waals surface area contributed by atoms with Gasteiger partial charge in [0.1, 0.15) is 17.4 Å². The second kappa shape index (κ2) is 5.94. The molecular formula is C18H23N5O. The zero-order valence-electron chi connectivity index (χ0n) is 13.9. The van der Waals surface area contributed by atoms with E-state index in [0.29, 0.717) is 29.8 Å². The Hall–Kier alpha value is -2.34. The maximum absolute atomic E-state index is 10.4. The number of aliphatic hydroxyl groups is 1. The third kappa shape index (κ3) is 2.47. The largest absolute Gasteiger partial charge is 0.510 e. The van der Waals surface area contributed by atoms with Gasteiger partial charge in [0.15, 0.2) is 0 Å². The molecule has 1 aromatic heterocycles. The Balaban J connectivity index is 1.56. The van der Waals surface area contributed by atoms with Crippen molar-refractivity contribution in [3.8, 4) is 0 Å². The van der Waals surface area contributed by atoms with E-state index in [-0.39, 0.29) is 5.76 Å². The van der Waals surface area contributed by atoms with E-state index in [1.54, 1.807) is 0 Å². The van der Waals surface area contributed by atoms with Gasteiger partial charge >= 0.3 is 0 Å². The average molecular weight is 325 g/mol. The number of aromatic amines is 1. The number of H-pyrrole nitrogens is 1. The number of aromatic nitrogens is 2. The maximum Gasteiger partial charge on any atom is 0.145 e. The molecule has 1 atom stereocenters. The highest BCUT2D eigenvalue weighted by molar-refractivity contribution is 6.23. The summed E-state index contributed by atoms with van der Waals surface area (Å²) in [7, 11) is 0. The average Bonchev–Trinajstić information content (AvgIpc) is 3.25. The molecule has 2 aromatic rings. The number of amidine groups is 1. The highest BCUT2D eigenvalue weighted by Crippen LogP contribution is 2.28. The van der Waals surface area contributed by atoms with Gasteiger partial charge in [0.05, 0.1) is 23.2 Å². The number of rotatable bonds is 4. The van der Waals surface area contributed by atoms with Gasteiger partial charge in [-0.1, -0.05) is 19.1 Å². The van der Waals surface area contributed by atoms with E-state index < -0.39 is 0 Å². The number of aliphatic hydroxyl groups excluding tert-OH is 1. The summed E-state index contributed by atoms with van der Waals surface area (Å²) >= 11 is 0. The van der Waals surface area contributed by atoms with Crippen LogP contribution in [0.25, 0.3) is 16.6 Å². The molecule has 3 heterocycles. The molecule has 0 aliphatic carbocycles. The van der Waals surface area contributed by atoms with E-state index in [9.17, 15) is 5.11 Å². The topological polar surface area (TPSA) is 79.2 Å². The second-order valence-electron chi connectivity index (χ2n) is 6.58. The molecule has 0 saturated carbocycles. The van der Waals surface area contributed by atoms with Crippen molar-refractivity contribution in [1.82, 2.24) is 19.8 Å². The van der Waals surface area contributed by atoms with Crippen LogP contribution in [0, 0.1) is 5.41 Å². The Morgan fingerprint density at radius 2 is 2.21 bits per heavy atom. The summed E-state index contributed by atoms with van der Waals surface area (Å²) < 4.78 is 0. The molecule has 0 bridgehead atoms. The highest BCUT2D eigenvalue weighted by atomic mass is 16.3. The fourth-order valence-corrected chi connectivity index (χ4v) is 3.88. The van der Waals surface area contributed by atoms with E-state index >= 15 is 0 Å². The number of fused-ring (bicyclic) bond motifs is 1. The van der Waals surface area contributed by atoms with Crippen LogP contribution in [0.5, 0.6) is 0 Å². The van der Waals surface area contributed by atoms with Crippen LogP contribution in [-0.4, -0.2) is 62.9 Å². The standard InChI is InChI=1S/C18H23N5O/c1-2-22-9-5-6-12(22)10-23-11-15(24)16(17(23)19)18-20-13-7-3-4-8-14(13)21-18/h3-4,7-8,12,19,24H,2,5-6,9-11H2,1H3,(H,20,21). The first-order valence-electron chi connectivity index (χ1n) is 8.62. The van der Waals surface area contributed by atoms with Crippen LogP contribution in [-0.2, 0) is 0 Å². The minimum atomic E-state index is 0.236. The molecule has 1 fully saturated rings. The fraction of sp³-hybridized carbons (Fsp3) is 0.444. The summed E-state index contributed by atoms with van der Waals surface area (Å²) in [5.74, 6) is 1.19. The van der Waals surface area contributed by atoms with Gasteiger partial charge in [-0.2, -0.15) is 0 Å². The first kappa shape index (κ1) is 15.2. The van der Waals surface area contributed by atoms with E-state index in [1.165, 1.54) is 12.8 Å². The molecule has 6 nitrogen and oxygen atoms in total. The van der Waals surface area contributed by atoms with Gasteiger partial charge < -0.3 is 15.0 Å². The summed E-state index contributed by atoms with van der Waals surface area (Å²) in [4.78, 5) is 12.2. The van der Waals surface area contributed by atoms with Crippen molar-refractivity contribution in [3.63, 3.8) is 0 Å². The van der Waals surface area contributed by atoms with Crippen molar-refractivity contribution in [2.45, 2.75) is 25.8 Å². The molecule has 24 heavy (non-hydrogen) atoms. The summed E-state index contributed by atoms with van der Waals surface area (Å²) in [6, 6.07) is 8.24. The lowest BCUT2D eigenvalue weighted by Gasteiger charge is -2.28. The molecule has 2 aliphatic rings. The Morgan fingerprint density at radius 3 is 3.00 bits per heavy atom. The highest BCUT2D eigenvalue weighted by Gasteiger charge is 2.33. The molecule has 126 valence electrons. The number of imidazole rings is 1. The number of hydrogen-bond donors (Lipinski definition) is 3. The molecule has 1 aromatic carbocycles. The summed E-state index contributed by atoms with van der Waals surface area (Å²) in [6.45, 7) is 5.56. The van der Waals surface area contributed by atoms with Gasteiger partial charge in [-0.3, -0.25) is 10.3 Å². The number of hydrogen-bond acceptors (Lipinski definition) is 4. The lowest BCUT2D eigenvalue weighted by molar-refractivity contribution is 0.222. The van der Waals surface area contributed by atoms with Crippen molar-refractivity contribution >= 4 is 22.4 Å². The SMILES string of the molecule is CCN1CCCC1CN1CC(O)=C(c2nc3ccccc3[nH]2)C1=N. The minimum absolute atomic E-state index is 0.236.